The minimum absolute atomic E-state index is 0.0349. The van der Waals surface area contributed by atoms with Crippen molar-refractivity contribution in [3.05, 3.63) is 33.9 Å². The molecule has 0 aliphatic rings. The molecular formula is C10H13NO4S. The Morgan fingerprint density at radius 1 is 1.56 bits per heavy atom. The zero-order chi connectivity index (χ0) is 12.0. The van der Waals surface area contributed by atoms with Crippen LogP contribution in [0.15, 0.2) is 23.1 Å². The fraction of sp³-hybridized carbons (Fsp3) is 0.400. The standard InChI is InChI=1S/C10H13NO4S/c1-15-4-5-16-10-3-2-8(7-12)6-9(10)11(13)14/h2-3,6,12H,4-5,7H2,1H3. The molecule has 0 atom stereocenters. The third kappa shape index (κ3) is 3.48. The second-order valence-corrected chi connectivity index (χ2v) is 4.20. The van der Waals surface area contributed by atoms with Gasteiger partial charge in [-0.25, -0.2) is 0 Å². The number of nitrogens with zero attached hydrogens (tertiary/aromatic N) is 1. The van der Waals surface area contributed by atoms with Crippen LogP contribution in [0, 0.1) is 10.1 Å². The highest BCUT2D eigenvalue weighted by molar-refractivity contribution is 7.99. The molecule has 0 aliphatic heterocycles. The highest BCUT2D eigenvalue weighted by Gasteiger charge is 2.14. The van der Waals surface area contributed by atoms with E-state index >= 15 is 0 Å². The van der Waals surface area contributed by atoms with Gasteiger partial charge >= 0.3 is 0 Å². The first kappa shape index (κ1) is 13.0. The summed E-state index contributed by atoms with van der Waals surface area (Å²) in [6.45, 7) is 0.355. The van der Waals surface area contributed by atoms with E-state index in [0.29, 0.717) is 22.8 Å². The molecule has 1 N–H and O–H groups in total. The van der Waals surface area contributed by atoms with Gasteiger partial charge in [0.25, 0.3) is 5.69 Å². The van der Waals surface area contributed by atoms with E-state index < -0.39 is 4.92 Å². The van der Waals surface area contributed by atoms with Gasteiger partial charge < -0.3 is 9.84 Å². The van der Waals surface area contributed by atoms with E-state index in [9.17, 15) is 10.1 Å². The quantitative estimate of drug-likeness (QED) is 0.357. The van der Waals surface area contributed by atoms with Gasteiger partial charge in [-0.2, -0.15) is 0 Å². The minimum atomic E-state index is -0.436. The smallest absolute Gasteiger partial charge is 0.283 e. The summed E-state index contributed by atoms with van der Waals surface area (Å²) in [5.74, 6) is 0.663. The van der Waals surface area contributed by atoms with Crippen LogP contribution >= 0.6 is 11.8 Å². The number of rotatable bonds is 6. The van der Waals surface area contributed by atoms with Crippen LogP contribution in [0.3, 0.4) is 0 Å². The van der Waals surface area contributed by atoms with Gasteiger partial charge in [-0.3, -0.25) is 10.1 Å². The molecule has 0 amide bonds. The monoisotopic (exact) mass is 243 g/mol. The molecule has 0 spiro atoms. The molecule has 0 unspecified atom stereocenters. The van der Waals surface area contributed by atoms with Gasteiger partial charge in [-0.15, -0.1) is 11.8 Å². The molecule has 0 aromatic heterocycles. The summed E-state index contributed by atoms with van der Waals surface area (Å²) in [5.41, 5.74) is 0.579. The van der Waals surface area contributed by atoms with Crippen molar-refractivity contribution in [1.29, 1.82) is 0 Å². The summed E-state index contributed by atoms with van der Waals surface area (Å²) in [5, 5.41) is 19.7. The predicted octanol–water partition coefficient (Wildman–Crippen LogP) is 1.83. The largest absolute Gasteiger partial charge is 0.392 e. The fourth-order valence-corrected chi connectivity index (χ4v) is 2.08. The molecule has 5 nitrogen and oxygen atoms in total. The van der Waals surface area contributed by atoms with Crippen LogP contribution in [0.25, 0.3) is 0 Å². The van der Waals surface area contributed by atoms with Crippen molar-refractivity contribution < 1.29 is 14.8 Å². The van der Waals surface area contributed by atoms with Gasteiger partial charge in [-0.05, 0) is 11.6 Å². The zero-order valence-corrected chi connectivity index (χ0v) is 9.70. The Morgan fingerprint density at radius 2 is 2.31 bits per heavy atom. The molecule has 0 saturated heterocycles. The fourth-order valence-electron chi connectivity index (χ4n) is 1.16. The number of aliphatic hydroxyl groups excluding tert-OH is 1. The Hall–Kier alpha value is -1.11. The number of thioether (sulfide) groups is 1. The lowest BCUT2D eigenvalue weighted by atomic mass is 10.2. The Kier molecular flexibility index (Phi) is 5.24. The lowest BCUT2D eigenvalue weighted by Gasteiger charge is -2.04. The number of nitro benzene ring substituents is 1. The number of aliphatic hydroxyl groups is 1. The molecule has 0 fully saturated rings. The van der Waals surface area contributed by atoms with Crippen molar-refractivity contribution in [3.63, 3.8) is 0 Å². The normalized spacial score (nSPS) is 10.4. The first-order chi connectivity index (χ1) is 7.69. The second-order valence-electron chi connectivity index (χ2n) is 3.06. The van der Waals surface area contributed by atoms with E-state index in [1.807, 2.05) is 0 Å². The Labute approximate surface area is 97.6 Å². The molecule has 0 heterocycles. The van der Waals surface area contributed by atoms with Crippen LogP contribution < -0.4 is 0 Å². The van der Waals surface area contributed by atoms with Crippen LogP contribution in [0.5, 0.6) is 0 Å². The molecule has 1 aromatic carbocycles. The van der Waals surface area contributed by atoms with Crippen LogP contribution in [0.4, 0.5) is 5.69 Å². The molecule has 0 bridgehead atoms. The van der Waals surface area contributed by atoms with E-state index in [1.54, 1.807) is 19.2 Å². The average molecular weight is 243 g/mol. The molecule has 0 radical (unpaired) electrons. The number of nitro groups is 1. The van der Waals surface area contributed by atoms with Gasteiger partial charge in [-0.1, -0.05) is 6.07 Å². The van der Waals surface area contributed by atoms with Crippen molar-refractivity contribution in [3.8, 4) is 0 Å². The minimum Gasteiger partial charge on any atom is -0.392 e. The van der Waals surface area contributed by atoms with Crippen molar-refractivity contribution in [1.82, 2.24) is 0 Å². The summed E-state index contributed by atoms with van der Waals surface area (Å²) in [6.07, 6.45) is 0. The summed E-state index contributed by atoms with van der Waals surface area (Å²) in [6, 6.07) is 4.74. The van der Waals surface area contributed by atoms with Crippen LogP contribution in [-0.2, 0) is 11.3 Å². The van der Waals surface area contributed by atoms with E-state index in [1.165, 1.54) is 17.8 Å². The Balaban J connectivity index is 2.85. The van der Waals surface area contributed by atoms with E-state index in [0.717, 1.165) is 0 Å². The maximum Gasteiger partial charge on any atom is 0.283 e. The summed E-state index contributed by atoms with van der Waals surface area (Å²) >= 11 is 1.37. The van der Waals surface area contributed by atoms with E-state index in [2.05, 4.69) is 0 Å². The molecule has 16 heavy (non-hydrogen) atoms. The van der Waals surface area contributed by atoms with Crippen molar-refractivity contribution in [2.75, 3.05) is 19.5 Å². The van der Waals surface area contributed by atoms with Crippen LogP contribution in [0.2, 0.25) is 0 Å². The van der Waals surface area contributed by atoms with Crippen LogP contribution in [-0.4, -0.2) is 29.5 Å². The van der Waals surface area contributed by atoms with Gasteiger partial charge in [0.15, 0.2) is 0 Å². The number of methoxy groups -OCH3 is 1. The van der Waals surface area contributed by atoms with Gasteiger partial charge in [0.2, 0.25) is 0 Å². The predicted molar refractivity (Wildman–Crippen MR) is 61.6 cm³/mol. The summed E-state index contributed by atoms with van der Waals surface area (Å²) in [4.78, 5) is 11.0. The number of ether oxygens (including phenoxy) is 1. The van der Waals surface area contributed by atoms with Gasteiger partial charge in [0.1, 0.15) is 0 Å². The maximum atomic E-state index is 10.8. The Morgan fingerprint density at radius 3 is 2.88 bits per heavy atom. The topological polar surface area (TPSA) is 72.6 Å². The van der Waals surface area contributed by atoms with Crippen molar-refractivity contribution in [2.24, 2.45) is 0 Å². The van der Waals surface area contributed by atoms with E-state index in [4.69, 9.17) is 9.84 Å². The maximum absolute atomic E-state index is 10.8. The first-order valence-corrected chi connectivity index (χ1v) is 5.67. The summed E-state index contributed by atoms with van der Waals surface area (Å²) < 4.78 is 4.88. The number of hydrogen-bond acceptors (Lipinski definition) is 5. The number of hydrogen-bond donors (Lipinski definition) is 1. The average Bonchev–Trinajstić information content (AvgIpc) is 2.29. The van der Waals surface area contributed by atoms with Crippen molar-refractivity contribution in [2.45, 2.75) is 11.5 Å². The lowest BCUT2D eigenvalue weighted by molar-refractivity contribution is -0.387. The zero-order valence-electron chi connectivity index (χ0n) is 8.88. The molecular weight excluding hydrogens is 230 g/mol. The lowest BCUT2D eigenvalue weighted by Crippen LogP contribution is -1.96. The third-order valence-corrected chi connectivity index (χ3v) is 2.97. The number of benzene rings is 1. The Bertz CT molecular complexity index is 370. The molecule has 1 aromatic rings. The van der Waals surface area contributed by atoms with Gasteiger partial charge in [0, 0.05) is 18.9 Å². The molecule has 0 aliphatic carbocycles. The first-order valence-electron chi connectivity index (χ1n) is 4.69. The molecule has 6 heteroatoms. The van der Waals surface area contributed by atoms with E-state index in [-0.39, 0.29) is 12.3 Å². The highest BCUT2D eigenvalue weighted by Crippen LogP contribution is 2.29. The van der Waals surface area contributed by atoms with Crippen molar-refractivity contribution >= 4 is 17.4 Å². The molecule has 88 valence electrons. The second kappa shape index (κ2) is 6.47. The SMILES string of the molecule is COCCSc1ccc(CO)cc1[N+](=O)[O-]. The molecule has 0 saturated carbocycles. The molecule has 1 rings (SSSR count). The van der Waals surface area contributed by atoms with Crippen LogP contribution in [0.1, 0.15) is 5.56 Å². The third-order valence-electron chi connectivity index (χ3n) is 1.95. The van der Waals surface area contributed by atoms with Gasteiger partial charge in [0.05, 0.1) is 23.0 Å². The summed E-state index contributed by atoms with van der Waals surface area (Å²) in [7, 11) is 1.59. The highest BCUT2D eigenvalue weighted by atomic mass is 32.2.